The molecule has 0 spiro atoms. The third-order valence-electron chi connectivity index (χ3n) is 2.17. The first-order valence-corrected chi connectivity index (χ1v) is 8.13. The minimum atomic E-state index is -3.95. The monoisotopic (exact) mass is 289 g/mol. The highest BCUT2D eigenvalue weighted by molar-refractivity contribution is 7.94. The highest BCUT2D eigenvalue weighted by atomic mass is 32.2. The molecule has 7 nitrogen and oxygen atoms in total. The quantitative estimate of drug-likeness (QED) is 0.781. The number of nitrogens with zero attached hydrogens (tertiary/aromatic N) is 2. The van der Waals surface area contributed by atoms with Crippen molar-refractivity contribution in [3.05, 3.63) is 23.4 Å². The summed E-state index contributed by atoms with van der Waals surface area (Å²) in [5.41, 5.74) is 0.383. The van der Waals surface area contributed by atoms with Gasteiger partial charge in [-0.3, -0.25) is 0 Å². The molecule has 0 aliphatic rings. The van der Waals surface area contributed by atoms with Crippen molar-refractivity contribution < 1.29 is 16.8 Å². The first-order chi connectivity index (χ1) is 8.17. The van der Waals surface area contributed by atoms with Gasteiger partial charge in [-0.2, -0.15) is 5.26 Å². The molecule has 0 saturated carbocycles. The molecule has 1 rings (SSSR count). The van der Waals surface area contributed by atoms with E-state index in [9.17, 15) is 16.8 Å². The van der Waals surface area contributed by atoms with Crippen LogP contribution in [-0.2, 0) is 19.9 Å². The Morgan fingerprint density at radius 1 is 1.33 bits per heavy atom. The van der Waals surface area contributed by atoms with Crippen molar-refractivity contribution in [2.24, 2.45) is 5.14 Å². The number of nitrogens with two attached hydrogens (primary N) is 1. The van der Waals surface area contributed by atoms with Crippen LogP contribution in [0.25, 0.3) is 0 Å². The number of sulfone groups is 1. The van der Waals surface area contributed by atoms with Gasteiger partial charge in [0.1, 0.15) is 6.07 Å². The van der Waals surface area contributed by atoms with E-state index < -0.39 is 36.4 Å². The molecule has 98 valence electrons. The maximum Gasteiger partial charge on any atom is 0.210 e. The van der Waals surface area contributed by atoms with Gasteiger partial charge >= 0.3 is 0 Å². The van der Waals surface area contributed by atoms with Gasteiger partial charge < -0.3 is 0 Å². The number of pyridine rings is 1. The SMILES string of the molecule is Cc1ccnc(S(=O)(=O)CCS(N)(=O)=O)c1C#N. The predicted molar refractivity (Wildman–Crippen MR) is 63.7 cm³/mol. The highest BCUT2D eigenvalue weighted by Crippen LogP contribution is 2.17. The molecular formula is C9H11N3O4S2. The number of nitriles is 1. The Balaban J connectivity index is 3.23. The van der Waals surface area contributed by atoms with E-state index in [4.69, 9.17) is 10.4 Å². The molecule has 1 heterocycles. The van der Waals surface area contributed by atoms with Gasteiger partial charge in [-0.15, -0.1) is 0 Å². The van der Waals surface area contributed by atoms with Crippen LogP contribution in [0.3, 0.4) is 0 Å². The van der Waals surface area contributed by atoms with Crippen LogP contribution >= 0.6 is 0 Å². The Bertz CT molecular complexity index is 702. The number of primary sulfonamides is 1. The minimum absolute atomic E-state index is 0.0769. The van der Waals surface area contributed by atoms with Gasteiger partial charge in [0.2, 0.25) is 10.0 Å². The van der Waals surface area contributed by atoms with Gasteiger partial charge in [-0.25, -0.2) is 27.0 Å². The standard InChI is InChI=1S/C9H11N3O4S2/c1-7-2-3-12-9(8(7)6-10)17(13,14)4-5-18(11,15)16/h2-3H,4-5H2,1H3,(H2,11,15,16). The lowest BCUT2D eigenvalue weighted by Gasteiger charge is -2.06. The molecule has 0 unspecified atom stereocenters. The van der Waals surface area contributed by atoms with E-state index in [0.29, 0.717) is 5.56 Å². The summed E-state index contributed by atoms with van der Waals surface area (Å²) in [6, 6.07) is 3.24. The van der Waals surface area contributed by atoms with E-state index in [-0.39, 0.29) is 5.56 Å². The lowest BCUT2D eigenvalue weighted by atomic mass is 10.2. The Kier molecular flexibility index (Phi) is 4.05. The van der Waals surface area contributed by atoms with Crippen LogP contribution < -0.4 is 5.14 Å². The summed E-state index contributed by atoms with van der Waals surface area (Å²) in [6.45, 7) is 1.57. The van der Waals surface area contributed by atoms with Crippen LogP contribution in [0, 0.1) is 18.3 Å². The maximum absolute atomic E-state index is 11.9. The average molecular weight is 289 g/mol. The van der Waals surface area contributed by atoms with Crippen LogP contribution in [0.5, 0.6) is 0 Å². The molecule has 0 fully saturated rings. The highest BCUT2D eigenvalue weighted by Gasteiger charge is 2.23. The zero-order valence-corrected chi connectivity index (χ0v) is 11.1. The Labute approximate surface area is 105 Å². The topological polar surface area (TPSA) is 131 Å². The maximum atomic E-state index is 11.9. The van der Waals surface area contributed by atoms with Crippen LogP contribution in [0.1, 0.15) is 11.1 Å². The van der Waals surface area contributed by atoms with Crippen molar-refractivity contribution >= 4 is 19.9 Å². The van der Waals surface area contributed by atoms with Gasteiger partial charge in [0.15, 0.2) is 14.9 Å². The molecule has 18 heavy (non-hydrogen) atoms. The number of sulfonamides is 1. The summed E-state index contributed by atoms with van der Waals surface area (Å²) in [7, 11) is -7.84. The first kappa shape index (κ1) is 14.6. The molecule has 0 aliphatic heterocycles. The average Bonchev–Trinajstić information content (AvgIpc) is 2.25. The molecule has 1 aromatic heterocycles. The molecule has 0 aromatic carbocycles. The summed E-state index contributed by atoms with van der Waals surface area (Å²) < 4.78 is 45.3. The summed E-state index contributed by atoms with van der Waals surface area (Å²) >= 11 is 0. The second-order valence-corrected chi connectivity index (χ2v) is 7.36. The molecule has 2 N–H and O–H groups in total. The second-order valence-electron chi connectivity index (χ2n) is 3.61. The van der Waals surface area contributed by atoms with Crippen molar-refractivity contribution in [1.82, 2.24) is 4.98 Å². The zero-order valence-electron chi connectivity index (χ0n) is 9.49. The number of hydrogen-bond donors (Lipinski definition) is 1. The fourth-order valence-corrected chi connectivity index (χ4v) is 3.97. The molecule has 0 atom stereocenters. The molecule has 0 saturated heterocycles. The predicted octanol–water partition coefficient (Wildman–Crippen LogP) is -0.676. The number of rotatable bonds is 4. The Morgan fingerprint density at radius 3 is 2.44 bits per heavy atom. The number of aromatic nitrogens is 1. The molecule has 9 heteroatoms. The smallest absolute Gasteiger partial charge is 0.210 e. The lowest BCUT2D eigenvalue weighted by Crippen LogP contribution is -2.24. The molecule has 0 bridgehead atoms. The Morgan fingerprint density at radius 2 is 1.94 bits per heavy atom. The fourth-order valence-electron chi connectivity index (χ4n) is 1.23. The van der Waals surface area contributed by atoms with Gasteiger partial charge in [-0.1, -0.05) is 0 Å². The summed E-state index contributed by atoms with van der Waals surface area (Å²) in [5, 5.41) is 13.2. The molecule has 0 radical (unpaired) electrons. The Hall–Kier alpha value is -1.50. The fraction of sp³-hybridized carbons (Fsp3) is 0.333. The van der Waals surface area contributed by atoms with Crippen molar-refractivity contribution in [1.29, 1.82) is 5.26 Å². The normalized spacial score (nSPS) is 12.1. The summed E-state index contributed by atoms with van der Waals surface area (Å²) in [5.74, 6) is -1.41. The van der Waals surface area contributed by atoms with Crippen LogP contribution in [-0.4, -0.2) is 33.3 Å². The molecule has 0 amide bonds. The molecule has 1 aromatic rings. The zero-order chi connectivity index (χ0) is 14.0. The third kappa shape index (κ3) is 3.49. The van der Waals surface area contributed by atoms with E-state index in [1.165, 1.54) is 12.3 Å². The molecule has 0 aliphatic carbocycles. The van der Waals surface area contributed by atoms with Gasteiger partial charge in [0, 0.05) is 6.20 Å². The van der Waals surface area contributed by atoms with E-state index in [1.54, 1.807) is 13.0 Å². The van der Waals surface area contributed by atoms with Crippen molar-refractivity contribution in [3.63, 3.8) is 0 Å². The number of aryl methyl sites for hydroxylation is 1. The van der Waals surface area contributed by atoms with Gasteiger partial charge in [0.25, 0.3) is 0 Å². The second kappa shape index (κ2) is 5.01. The first-order valence-electron chi connectivity index (χ1n) is 4.76. The van der Waals surface area contributed by atoms with Crippen LogP contribution in [0.4, 0.5) is 0 Å². The van der Waals surface area contributed by atoms with Crippen molar-refractivity contribution in [3.8, 4) is 6.07 Å². The van der Waals surface area contributed by atoms with Crippen molar-refractivity contribution in [2.75, 3.05) is 11.5 Å². The largest absolute Gasteiger partial charge is 0.243 e. The third-order valence-corrected chi connectivity index (χ3v) is 4.84. The van der Waals surface area contributed by atoms with Crippen molar-refractivity contribution in [2.45, 2.75) is 11.9 Å². The molecular weight excluding hydrogens is 278 g/mol. The van der Waals surface area contributed by atoms with Gasteiger partial charge in [0.05, 0.1) is 17.1 Å². The lowest BCUT2D eigenvalue weighted by molar-refractivity contribution is 0.586. The van der Waals surface area contributed by atoms with Crippen LogP contribution in [0.2, 0.25) is 0 Å². The van der Waals surface area contributed by atoms with E-state index in [2.05, 4.69) is 4.98 Å². The summed E-state index contributed by atoms with van der Waals surface area (Å²) in [4.78, 5) is 3.64. The van der Waals surface area contributed by atoms with E-state index in [1.807, 2.05) is 0 Å². The minimum Gasteiger partial charge on any atom is -0.243 e. The van der Waals surface area contributed by atoms with Gasteiger partial charge in [-0.05, 0) is 18.6 Å². The summed E-state index contributed by atoms with van der Waals surface area (Å²) in [6.07, 6.45) is 1.25. The van der Waals surface area contributed by atoms with Crippen LogP contribution in [0.15, 0.2) is 17.3 Å². The van der Waals surface area contributed by atoms with E-state index in [0.717, 1.165) is 0 Å². The number of hydrogen-bond acceptors (Lipinski definition) is 6. The van der Waals surface area contributed by atoms with E-state index >= 15 is 0 Å².